The molecule has 0 amide bonds. The van der Waals surface area contributed by atoms with Gasteiger partial charge in [0.1, 0.15) is 9.84 Å². The molecule has 0 heterocycles. The molecule has 0 aliphatic rings. The molecule has 15 heavy (non-hydrogen) atoms. The van der Waals surface area contributed by atoms with Gasteiger partial charge in [0.25, 0.3) is 0 Å². The van der Waals surface area contributed by atoms with Crippen LogP contribution in [-0.4, -0.2) is 38.9 Å². The van der Waals surface area contributed by atoms with Crippen molar-refractivity contribution >= 4 is 9.84 Å². The van der Waals surface area contributed by atoms with Gasteiger partial charge in [0.05, 0.1) is 5.75 Å². The standard InChI is InChI=1S/C11H17NO2S/c1-12(8-9-15(2,13)14)10-11-6-4-3-5-7-11/h3-7H,8-10H2,1-2H3. The third-order valence-corrected chi connectivity index (χ3v) is 3.06. The van der Waals surface area contributed by atoms with Gasteiger partial charge in [0, 0.05) is 19.3 Å². The summed E-state index contributed by atoms with van der Waals surface area (Å²) >= 11 is 0. The lowest BCUT2D eigenvalue weighted by molar-refractivity contribution is 0.346. The molecule has 0 N–H and O–H groups in total. The Morgan fingerprint density at radius 1 is 1.20 bits per heavy atom. The van der Waals surface area contributed by atoms with E-state index in [9.17, 15) is 8.42 Å². The van der Waals surface area contributed by atoms with Gasteiger partial charge in [-0.05, 0) is 12.6 Å². The first-order chi connectivity index (χ1) is 6.97. The third kappa shape index (κ3) is 5.54. The van der Waals surface area contributed by atoms with Crippen LogP contribution in [0.5, 0.6) is 0 Å². The van der Waals surface area contributed by atoms with Crippen molar-refractivity contribution in [1.82, 2.24) is 4.90 Å². The first-order valence-electron chi connectivity index (χ1n) is 4.87. The normalized spacial score (nSPS) is 11.9. The molecule has 4 heteroatoms. The Balaban J connectivity index is 2.40. The van der Waals surface area contributed by atoms with Crippen molar-refractivity contribution in [1.29, 1.82) is 0 Å². The molecule has 0 unspecified atom stereocenters. The summed E-state index contributed by atoms with van der Waals surface area (Å²) in [6.45, 7) is 1.37. The molecule has 0 aliphatic carbocycles. The quantitative estimate of drug-likeness (QED) is 0.757. The van der Waals surface area contributed by atoms with E-state index in [0.717, 1.165) is 6.54 Å². The van der Waals surface area contributed by atoms with Gasteiger partial charge in [-0.2, -0.15) is 0 Å². The first kappa shape index (κ1) is 12.2. The second kappa shape index (κ2) is 5.28. The zero-order chi connectivity index (χ0) is 11.3. The van der Waals surface area contributed by atoms with Crippen molar-refractivity contribution < 1.29 is 8.42 Å². The number of hydrogen-bond donors (Lipinski definition) is 0. The van der Waals surface area contributed by atoms with Crippen LogP contribution < -0.4 is 0 Å². The van der Waals surface area contributed by atoms with Crippen LogP contribution in [0, 0.1) is 0 Å². The molecular weight excluding hydrogens is 210 g/mol. The molecule has 0 aliphatic heterocycles. The maximum Gasteiger partial charge on any atom is 0.148 e. The predicted octanol–water partition coefficient (Wildman–Crippen LogP) is 1.16. The Hall–Kier alpha value is -0.870. The minimum atomic E-state index is -2.85. The van der Waals surface area contributed by atoms with Crippen LogP contribution in [0.1, 0.15) is 5.56 Å². The van der Waals surface area contributed by atoms with Crippen LogP contribution >= 0.6 is 0 Å². The fourth-order valence-electron chi connectivity index (χ4n) is 1.30. The van der Waals surface area contributed by atoms with Crippen LogP contribution in [0.3, 0.4) is 0 Å². The van der Waals surface area contributed by atoms with Crippen LogP contribution in [0.4, 0.5) is 0 Å². The number of rotatable bonds is 5. The maximum atomic E-state index is 11.0. The van der Waals surface area contributed by atoms with Crippen molar-refractivity contribution in [2.24, 2.45) is 0 Å². The minimum absolute atomic E-state index is 0.219. The number of benzene rings is 1. The smallest absolute Gasteiger partial charge is 0.148 e. The highest BCUT2D eigenvalue weighted by Crippen LogP contribution is 2.02. The Labute approximate surface area is 91.6 Å². The van der Waals surface area contributed by atoms with E-state index in [-0.39, 0.29) is 5.75 Å². The molecule has 84 valence electrons. The average molecular weight is 227 g/mol. The van der Waals surface area contributed by atoms with Crippen molar-refractivity contribution in [3.05, 3.63) is 35.9 Å². The van der Waals surface area contributed by atoms with Gasteiger partial charge in [-0.3, -0.25) is 0 Å². The summed E-state index contributed by atoms with van der Waals surface area (Å²) in [5.41, 5.74) is 1.20. The van der Waals surface area contributed by atoms with Gasteiger partial charge >= 0.3 is 0 Å². The Morgan fingerprint density at radius 2 is 1.80 bits per heavy atom. The Bertz CT molecular complexity index is 386. The van der Waals surface area contributed by atoms with Gasteiger partial charge in [-0.15, -0.1) is 0 Å². The highest BCUT2D eigenvalue weighted by molar-refractivity contribution is 7.90. The highest BCUT2D eigenvalue weighted by atomic mass is 32.2. The lowest BCUT2D eigenvalue weighted by Crippen LogP contribution is -2.24. The van der Waals surface area contributed by atoms with Gasteiger partial charge in [-0.25, -0.2) is 8.42 Å². The van der Waals surface area contributed by atoms with Crippen LogP contribution in [0.2, 0.25) is 0 Å². The SMILES string of the molecule is CN(CCS(C)(=O)=O)Cc1ccccc1. The van der Waals surface area contributed by atoms with E-state index in [4.69, 9.17) is 0 Å². The van der Waals surface area contributed by atoms with E-state index >= 15 is 0 Å². The van der Waals surface area contributed by atoms with Gasteiger partial charge in [-0.1, -0.05) is 30.3 Å². The first-order valence-corrected chi connectivity index (χ1v) is 6.93. The molecule has 0 saturated carbocycles. The Morgan fingerprint density at radius 3 is 2.33 bits per heavy atom. The Kier molecular flexibility index (Phi) is 4.29. The van der Waals surface area contributed by atoms with Crippen molar-refractivity contribution in [2.45, 2.75) is 6.54 Å². The van der Waals surface area contributed by atoms with E-state index in [2.05, 4.69) is 0 Å². The summed E-state index contributed by atoms with van der Waals surface area (Å²) < 4.78 is 21.9. The lowest BCUT2D eigenvalue weighted by atomic mass is 10.2. The molecule has 0 saturated heterocycles. The average Bonchev–Trinajstić information content (AvgIpc) is 2.15. The molecule has 1 aromatic rings. The molecule has 1 rings (SSSR count). The molecule has 0 atom stereocenters. The van der Waals surface area contributed by atoms with Gasteiger partial charge < -0.3 is 4.90 Å². The molecular formula is C11H17NO2S. The lowest BCUT2D eigenvalue weighted by Gasteiger charge is -2.15. The predicted molar refractivity (Wildman–Crippen MR) is 62.5 cm³/mol. The zero-order valence-electron chi connectivity index (χ0n) is 9.18. The second-order valence-corrected chi connectivity index (χ2v) is 6.11. The van der Waals surface area contributed by atoms with E-state index < -0.39 is 9.84 Å². The molecule has 0 bridgehead atoms. The number of sulfone groups is 1. The van der Waals surface area contributed by atoms with Gasteiger partial charge in [0.15, 0.2) is 0 Å². The molecule has 1 aromatic carbocycles. The van der Waals surface area contributed by atoms with Gasteiger partial charge in [0.2, 0.25) is 0 Å². The fraction of sp³-hybridized carbons (Fsp3) is 0.455. The minimum Gasteiger partial charge on any atom is -0.301 e. The largest absolute Gasteiger partial charge is 0.301 e. The monoisotopic (exact) mass is 227 g/mol. The van der Waals surface area contributed by atoms with Crippen molar-refractivity contribution in [3.8, 4) is 0 Å². The summed E-state index contributed by atoms with van der Waals surface area (Å²) in [4.78, 5) is 2.01. The fourth-order valence-corrected chi connectivity index (χ4v) is 1.94. The zero-order valence-corrected chi connectivity index (χ0v) is 10.00. The van der Waals surface area contributed by atoms with E-state index in [1.807, 2.05) is 42.3 Å². The van der Waals surface area contributed by atoms with Crippen molar-refractivity contribution in [3.63, 3.8) is 0 Å². The second-order valence-electron chi connectivity index (χ2n) is 3.85. The van der Waals surface area contributed by atoms with Crippen LogP contribution in [0.15, 0.2) is 30.3 Å². The van der Waals surface area contributed by atoms with Crippen LogP contribution in [0.25, 0.3) is 0 Å². The number of hydrogen-bond acceptors (Lipinski definition) is 3. The van der Waals surface area contributed by atoms with Crippen LogP contribution in [-0.2, 0) is 16.4 Å². The van der Waals surface area contributed by atoms with E-state index in [1.165, 1.54) is 11.8 Å². The summed E-state index contributed by atoms with van der Waals surface area (Å²) in [5.74, 6) is 0.219. The molecule has 0 spiro atoms. The molecule has 0 radical (unpaired) electrons. The maximum absolute atomic E-state index is 11.0. The summed E-state index contributed by atoms with van der Waals surface area (Å²) in [6.07, 6.45) is 1.27. The summed E-state index contributed by atoms with van der Waals surface area (Å²) in [7, 11) is -0.924. The summed E-state index contributed by atoms with van der Waals surface area (Å²) in [6, 6.07) is 10.0. The van der Waals surface area contributed by atoms with E-state index in [0.29, 0.717) is 6.54 Å². The summed E-state index contributed by atoms with van der Waals surface area (Å²) in [5, 5.41) is 0. The third-order valence-electron chi connectivity index (χ3n) is 2.14. The molecule has 0 aromatic heterocycles. The number of nitrogens with zero attached hydrogens (tertiary/aromatic N) is 1. The van der Waals surface area contributed by atoms with Crippen molar-refractivity contribution in [2.75, 3.05) is 25.6 Å². The van der Waals surface area contributed by atoms with E-state index in [1.54, 1.807) is 0 Å². The topological polar surface area (TPSA) is 37.4 Å². The molecule has 3 nitrogen and oxygen atoms in total. The molecule has 0 fully saturated rings. The highest BCUT2D eigenvalue weighted by Gasteiger charge is 2.05.